The molecule has 0 radical (unpaired) electrons. The van der Waals surface area contributed by atoms with Crippen LogP contribution in [0.4, 0.5) is 23.4 Å². The Balaban J connectivity index is 3.57. The minimum atomic E-state index is -4.60. The molecule has 0 unspecified atom stereocenters. The summed E-state index contributed by atoms with van der Waals surface area (Å²) in [7, 11) is 0. The third-order valence-electron chi connectivity index (χ3n) is 2.08. The van der Waals surface area contributed by atoms with E-state index in [4.69, 9.17) is 5.73 Å². The first-order valence-corrected chi connectivity index (χ1v) is 4.30. The summed E-state index contributed by atoms with van der Waals surface area (Å²) in [4.78, 5) is 3.33. The summed E-state index contributed by atoms with van der Waals surface area (Å²) in [5, 5.41) is 0. The molecule has 0 aliphatic heterocycles. The van der Waals surface area contributed by atoms with Crippen molar-refractivity contribution in [2.75, 3.05) is 5.73 Å². The molecular formula is C9H10F4N2. The second-order valence-corrected chi connectivity index (χ2v) is 3.10. The van der Waals surface area contributed by atoms with Gasteiger partial charge in [0.1, 0.15) is 0 Å². The number of aromatic nitrogens is 1. The lowest BCUT2D eigenvalue weighted by molar-refractivity contribution is -0.139. The first-order chi connectivity index (χ1) is 6.79. The van der Waals surface area contributed by atoms with Gasteiger partial charge < -0.3 is 5.73 Å². The number of rotatable bonds is 1. The van der Waals surface area contributed by atoms with Crippen molar-refractivity contribution in [3.8, 4) is 0 Å². The zero-order valence-electron chi connectivity index (χ0n) is 8.24. The second kappa shape index (κ2) is 3.67. The maximum atomic E-state index is 13.3. The SMILES string of the molecule is CCc1c(F)c(N)nc(C)c1C(F)(F)F. The van der Waals surface area contributed by atoms with Crippen molar-refractivity contribution >= 4 is 5.82 Å². The summed E-state index contributed by atoms with van der Waals surface area (Å²) in [6.45, 7) is 2.60. The highest BCUT2D eigenvalue weighted by molar-refractivity contribution is 5.44. The fraction of sp³-hybridized carbons (Fsp3) is 0.444. The van der Waals surface area contributed by atoms with Gasteiger partial charge >= 0.3 is 6.18 Å². The van der Waals surface area contributed by atoms with Crippen LogP contribution >= 0.6 is 0 Å². The molecule has 84 valence electrons. The monoisotopic (exact) mass is 222 g/mol. The van der Waals surface area contributed by atoms with Gasteiger partial charge in [-0.2, -0.15) is 13.2 Å². The van der Waals surface area contributed by atoms with Gasteiger partial charge in [0.2, 0.25) is 0 Å². The van der Waals surface area contributed by atoms with Crippen molar-refractivity contribution in [3.05, 3.63) is 22.6 Å². The Labute approximate surface area is 84.1 Å². The summed E-state index contributed by atoms with van der Waals surface area (Å²) in [6.07, 6.45) is -4.68. The van der Waals surface area contributed by atoms with Gasteiger partial charge in [0, 0.05) is 5.56 Å². The zero-order valence-corrected chi connectivity index (χ0v) is 8.24. The Bertz CT molecular complexity index is 385. The molecule has 1 rings (SSSR count). The maximum Gasteiger partial charge on any atom is 0.418 e. The summed E-state index contributed by atoms with van der Waals surface area (Å²) in [5.74, 6) is -1.56. The number of pyridine rings is 1. The standard InChI is InChI=1S/C9H10F4N2/c1-3-5-6(9(11,12)13)4(2)15-8(14)7(5)10/h3H2,1-2H3,(H2,14,15). The summed E-state index contributed by atoms with van der Waals surface area (Å²) in [5.41, 5.74) is 3.42. The van der Waals surface area contributed by atoms with Crippen LogP contribution in [0.5, 0.6) is 0 Å². The largest absolute Gasteiger partial charge is 0.418 e. The maximum absolute atomic E-state index is 13.3. The quantitative estimate of drug-likeness (QED) is 0.742. The number of aryl methyl sites for hydroxylation is 1. The average molecular weight is 222 g/mol. The molecule has 0 amide bonds. The highest BCUT2D eigenvalue weighted by atomic mass is 19.4. The van der Waals surface area contributed by atoms with Crippen molar-refractivity contribution in [1.82, 2.24) is 4.98 Å². The molecule has 2 N–H and O–H groups in total. The van der Waals surface area contributed by atoms with E-state index in [2.05, 4.69) is 4.98 Å². The van der Waals surface area contributed by atoms with Gasteiger partial charge in [-0.1, -0.05) is 6.92 Å². The van der Waals surface area contributed by atoms with E-state index in [1.165, 1.54) is 6.92 Å². The smallest absolute Gasteiger partial charge is 0.381 e. The third kappa shape index (κ3) is 2.03. The molecule has 0 aliphatic carbocycles. The summed E-state index contributed by atoms with van der Waals surface area (Å²) < 4.78 is 51.0. The van der Waals surface area contributed by atoms with Crippen LogP contribution in [0.1, 0.15) is 23.7 Å². The minimum absolute atomic E-state index is 0.0752. The third-order valence-corrected chi connectivity index (χ3v) is 2.08. The normalized spacial score (nSPS) is 11.9. The highest BCUT2D eigenvalue weighted by Crippen LogP contribution is 2.36. The lowest BCUT2D eigenvalue weighted by Gasteiger charge is -2.15. The predicted molar refractivity (Wildman–Crippen MR) is 47.7 cm³/mol. The van der Waals surface area contributed by atoms with Gasteiger partial charge in [0.05, 0.1) is 11.3 Å². The number of nitrogens with zero attached hydrogens (tertiary/aromatic N) is 1. The molecule has 15 heavy (non-hydrogen) atoms. The molecule has 0 fully saturated rings. The second-order valence-electron chi connectivity index (χ2n) is 3.10. The van der Waals surface area contributed by atoms with Gasteiger partial charge in [0.15, 0.2) is 11.6 Å². The van der Waals surface area contributed by atoms with Gasteiger partial charge in [0.25, 0.3) is 0 Å². The predicted octanol–water partition coefficient (Wildman–Crippen LogP) is 2.69. The van der Waals surface area contributed by atoms with Crippen molar-refractivity contribution in [2.45, 2.75) is 26.4 Å². The topological polar surface area (TPSA) is 38.9 Å². The van der Waals surface area contributed by atoms with E-state index < -0.39 is 28.9 Å². The number of nitrogens with two attached hydrogens (primary N) is 1. The van der Waals surface area contributed by atoms with E-state index in [1.807, 2.05) is 0 Å². The number of halogens is 4. The van der Waals surface area contributed by atoms with Crippen LogP contribution in [0.3, 0.4) is 0 Å². The molecule has 0 saturated carbocycles. The number of nitrogen functional groups attached to an aromatic ring is 1. The molecule has 1 aromatic rings. The Hall–Kier alpha value is -1.33. The Morgan fingerprint density at radius 3 is 2.27 bits per heavy atom. The van der Waals surface area contributed by atoms with Crippen LogP contribution in [-0.4, -0.2) is 4.98 Å². The molecule has 0 aromatic carbocycles. The van der Waals surface area contributed by atoms with E-state index in [-0.39, 0.29) is 12.1 Å². The Morgan fingerprint density at radius 2 is 1.87 bits per heavy atom. The Morgan fingerprint density at radius 1 is 1.33 bits per heavy atom. The molecule has 0 aliphatic rings. The van der Waals surface area contributed by atoms with Crippen LogP contribution < -0.4 is 5.73 Å². The lowest BCUT2D eigenvalue weighted by atomic mass is 10.0. The van der Waals surface area contributed by atoms with Crippen molar-refractivity contribution in [1.29, 1.82) is 0 Å². The van der Waals surface area contributed by atoms with Crippen LogP contribution in [0, 0.1) is 12.7 Å². The fourth-order valence-electron chi connectivity index (χ4n) is 1.48. The van der Waals surface area contributed by atoms with Gasteiger partial charge in [-0.25, -0.2) is 9.37 Å². The van der Waals surface area contributed by atoms with Gasteiger partial charge in [-0.15, -0.1) is 0 Å². The fourth-order valence-corrected chi connectivity index (χ4v) is 1.48. The summed E-state index contributed by atoms with van der Waals surface area (Å²) >= 11 is 0. The number of hydrogen-bond acceptors (Lipinski definition) is 2. The summed E-state index contributed by atoms with van der Waals surface area (Å²) in [6, 6.07) is 0. The van der Waals surface area contributed by atoms with Gasteiger partial charge in [-0.3, -0.25) is 0 Å². The first-order valence-electron chi connectivity index (χ1n) is 4.30. The van der Waals surface area contributed by atoms with E-state index in [0.29, 0.717) is 0 Å². The van der Waals surface area contributed by atoms with Gasteiger partial charge in [-0.05, 0) is 13.3 Å². The van der Waals surface area contributed by atoms with Crippen LogP contribution in [-0.2, 0) is 12.6 Å². The molecule has 0 spiro atoms. The molecule has 1 heterocycles. The Kier molecular flexibility index (Phi) is 2.88. The van der Waals surface area contributed by atoms with E-state index in [9.17, 15) is 17.6 Å². The molecule has 0 bridgehead atoms. The molecule has 1 aromatic heterocycles. The highest BCUT2D eigenvalue weighted by Gasteiger charge is 2.37. The minimum Gasteiger partial charge on any atom is -0.381 e. The van der Waals surface area contributed by atoms with E-state index in [1.54, 1.807) is 0 Å². The number of hydrogen-bond donors (Lipinski definition) is 1. The van der Waals surface area contributed by atoms with Crippen molar-refractivity contribution in [3.63, 3.8) is 0 Å². The van der Waals surface area contributed by atoms with Crippen molar-refractivity contribution in [2.24, 2.45) is 0 Å². The molecule has 0 atom stereocenters. The van der Waals surface area contributed by atoms with E-state index in [0.717, 1.165) is 6.92 Å². The molecule has 2 nitrogen and oxygen atoms in total. The molecular weight excluding hydrogens is 212 g/mol. The van der Waals surface area contributed by atoms with E-state index >= 15 is 0 Å². The number of alkyl halides is 3. The first kappa shape index (κ1) is 11.7. The molecule has 6 heteroatoms. The van der Waals surface area contributed by atoms with Crippen LogP contribution in [0.2, 0.25) is 0 Å². The van der Waals surface area contributed by atoms with Crippen LogP contribution in [0.15, 0.2) is 0 Å². The number of anilines is 1. The van der Waals surface area contributed by atoms with Crippen LogP contribution in [0.25, 0.3) is 0 Å². The van der Waals surface area contributed by atoms with Crippen molar-refractivity contribution < 1.29 is 17.6 Å². The average Bonchev–Trinajstić information content (AvgIpc) is 2.08. The molecule has 0 saturated heterocycles. The lowest BCUT2D eigenvalue weighted by Crippen LogP contribution is -2.16. The zero-order chi connectivity index (χ0) is 11.8.